The number of rotatable bonds is 0. The van der Waals surface area contributed by atoms with Crippen molar-refractivity contribution in [3.8, 4) is 0 Å². The van der Waals surface area contributed by atoms with E-state index in [-0.39, 0.29) is 0 Å². The van der Waals surface area contributed by atoms with Crippen molar-refractivity contribution in [2.45, 2.75) is 137 Å². The van der Waals surface area contributed by atoms with Crippen LogP contribution < -0.4 is 0 Å². The van der Waals surface area contributed by atoms with E-state index in [9.17, 15) is 0 Å². The van der Waals surface area contributed by atoms with Crippen LogP contribution >= 0.6 is 0 Å². The van der Waals surface area contributed by atoms with Gasteiger partial charge in [0.15, 0.2) is 0 Å². The van der Waals surface area contributed by atoms with Gasteiger partial charge in [0.25, 0.3) is 0 Å². The van der Waals surface area contributed by atoms with Crippen LogP contribution in [0.2, 0.25) is 0 Å². The molecule has 1 nitrogen and oxygen atoms in total. The van der Waals surface area contributed by atoms with Gasteiger partial charge in [-0.05, 0) is 68.9 Å². The SMILES string of the molecule is C1=Cc2ccccc2C1.C1=Cc2ccccc2C1.CC.CC(C)(C)C.CC(C)(C)C.CC(C)(C)C.CC(C)(C)C.Cn1cccc1.c1ccccc1. The quantitative estimate of drug-likeness (QED) is 0.171. The Morgan fingerprint density at radius 2 is 0.596 bits per heavy atom. The molecule has 0 unspecified atom stereocenters. The highest BCUT2D eigenvalue weighted by molar-refractivity contribution is 5.60. The highest BCUT2D eigenvalue weighted by atomic mass is 14.9. The van der Waals surface area contributed by atoms with Gasteiger partial charge in [0, 0.05) is 19.4 Å². The first kappa shape index (κ1) is 52.8. The molecule has 0 saturated heterocycles. The predicted molar refractivity (Wildman–Crippen MR) is 242 cm³/mol. The van der Waals surface area contributed by atoms with E-state index in [2.05, 4.69) is 184 Å². The number of aryl methyl sites for hydroxylation is 1. The minimum absolute atomic E-state index is 0.500. The summed E-state index contributed by atoms with van der Waals surface area (Å²) in [5.74, 6) is 0. The summed E-state index contributed by atoms with van der Waals surface area (Å²) in [6.07, 6.45) is 15.0. The average molecular weight is 710 g/mol. The third-order valence-electron chi connectivity index (χ3n) is 4.80. The Morgan fingerprint density at radius 1 is 0.365 bits per heavy atom. The summed E-state index contributed by atoms with van der Waals surface area (Å²) in [6, 6.07) is 33.0. The van der Waals surface area contributed by atoms with Gasteiger partial charge >= 0.3 is 0 Å². The van der Waals surface area contributed by atoms with Gasteiger partial charge in [-0.3, -0.25) is 0 Å². The number of aromatic nitrogens is 1. The maximum atomic E-state index is 2.20. The second-order valence-electron chi connectivity index (χ2n) is 19.1. The summed E-state index contributed by atoms with van der Waals surface area (Å²) in [6.45, 7) is 39.0. The lowest BCUT2D eigenvalue weighted by molar-refractivity contribution is 0.469. The lowest BCUT2D eigenvalue weighted by Crippen LogP contribution is -1.93. The minimum atomic E-state index is 0.500. The van der Waals surface area contributed by atoms with Gasteiger partial charge in [-0.25, -0.2) is 0 Å². The third-order valence-corrected chi connectivity index (χ3v) is 4.80. The number of benzene rings is 3. The first-order chi connectivity index (χ1) is 23.8. The first-order valence-electron chi connectivity index (χ1n) is 19.4. The van der Waals surface area contributed by atoms with Crippen molar-refractivity contribution in [2.24, 2.45) is 28.7 Å². The summed E-state index contributed by atoms with van der Waals surface area (Å²) < 4.78 is 2.00. The molecule has 0 atom stereocenters. The van der Waals surface area contributed by atoms with E-state index in [4.69, 9.17) is 0 Å². The fourth-order valence-electron chi connectivity index (χ4n) is 3.20. The van der Waals surface area contributed by atoms with Gasteiger partial charge in [0.2, 0.25) is 0 Å². The zero-order valence-corrected chi connectivity index (χ0v) is 37.6. The smallest absolute Gasteiger partial charge is 0.0106 e. The molecule has 0 bridgehead atoms. The van der Waals surface area contributed by atoms with Crippen molar-refractivity contribution < 1.29 is 0 Å². The first-order valence-corrected chi connectivity index (χ1v) is 19.4. The standard InChI is InChI=1S/2C9H8.C6H6.C5H7N.4C5H12.C2H6/c2*1-2-5-9-7-3-6-8(9)4-1;1-2-4-6-5-3-1;1-6-4-2-3-5-6;4*1-5(2,3)4;1-2/h2*1-6H,7H2;1-6H;2-5H,1H3;4*1-4H3;1-2H3. The normalized spacial score (nSPS) is 11.4. The maximum Gasteiger partial charge on any atom is 0.0106 e. The molecule has 1 heterocycles. The van der Waals surface area contributed by atoms with E-state index in [1.54, 1.807) is 0 Å². The van der Waals surface area contributed by atoms with E-state index in [1.807, 2.05) is 86.4 Å². The molecule has 4 aromatic rings. The van der Waals surface area contributed by atoms with Crippen molar-refractivity contribution >= 4 is 12.2 Å². The Balaban J connectivity index is -0.000000532. The van der Waals surface area contributed by atoms with Gasteiger partial charge in [-0.15, -0.1) is 0 Å². The zero-order valence-electron chi connectivity index (χ0n) is 37.6. The molecule has 1 aromatic heterocycles. The lowest BCUT2D eigenvalue weighted by atomic mass is 10.0. The third kappa shape index (κ3) is 50.8. The average Bonchev–Trinajstić information content (AvgIpc) is 3.79. The molecule has 1 heteroatoms. The van der Waals surface area contributed by atoms with E-state index in [0.29, 0.717) is 21.7 Å². The highest BCUT2D eigenvalue weighted by Crippen LogP contribution is 2.18. The fraction of sp³-hybridized carbons (Fsp3) is 0.490. The molecule has 0 saturated carbocycles. The molecule has 2 aliphatic rings. The molecule has 3 aromatic carbocycles. The molecule has 0 spiro atoms. The molecular weight excluding hydrogens is 627 g/mol. The largest absolute Gasteiger partial charge is 0.357 e. The van der Waals surface area contributed by atoms with E-state index >= 15 is 0 Å². The Hall–Kier alpha value is -3.58. The van der Waals surface area contributed by atoms with E-state index in [1.165, 1.54) is 22.3 Å². The highest BCUT2D eigenvalue weighted by Gasteiger charge is 2.01. The molecule has 6 rings (SSSR count). The summed E-state index contributed by atoms with van der Waals surface area (Å²) >= 11 is 0. The van der Waals surface area contributed by atoms with Crippen molar-refractivity contribution in [1.82, 2.24) is 4.57 Å². The second-order valence-corrected chi connectivity index (χ2v) is 19.1. The number of nitrogens with zero attached hydrogens (tertiary/aromatic N) is 1. The number of allylic oxidation sites excluding steroid dienone is 2. The van der Waals surface area contributed by atoms with Crippen LogP contribution in [0.4, 0.5) is 0 Å². The summed E-state index contributed by atoms with van der Waals surface area (Å²) in [4.78, 5) is 0. The summed E-state index contributed by atoms with van der Waals surface area (Å²) in [5, 5.41) is 0. The molecule has 52 heavy (non-hydrogen) atoms. The number of fused-ring (bicyclic) bond motifs is 2. The Kier molecular flexibility index (Phi) is 29.4. The molecule has 0 radical (unpaired) electrons. The number of hydrogen-bond acceptors (Lipinski definition) is 0. The molecule has 0 N–H and O–H groups in total. The minimum Gasteiger partial charge on any atom is -0.357 e. The van der Waals surface area contributed by atoms with Crippen LogP contribution in [0.25, 0.3) is 12.2 Å². The zero-order chi connectivity index (χ0) is 40.9. The Morgan fingerprint density at radius 3 is 0.788 bits per heavy atom. The van der Waals surface area contributed by atoms with Crippen LogP contribution in [0.3, 0.4) is 0 Å². The van der Waals surface area contributed by atoms with E-state index in [0.717, 1.165) is 12.8 Å². The molecule has 0 fully saturated rings. The molecule has 0 aliphatic heterocycles. The Labute approximate surface area is 325 Å². The van der Waals surface area contributed by atoms with Gasteiger partial charge < -0.3 is 4.57 Å². The van der Waals surface area contributed by atoms with Crippen molar-refractivity contribution in [1.29, 1.82) is 0 Å². The molecule has 0 amide bonds. The van der Waals surface area contributed by atoms with Gasteiger partial charge in [0.1, 0.15) is 0 Å². The fourth-order valence-corrected chi connectivity index (χ4v) is 3.20. The lowest BCUT2D eigenvalue weighted by Gasteiger charge is -2.05. The summed E-state index contributed by atoms with van der Waals surface area (Å²) in [7, 11) is 2.00. The van der Waals surface area contributed by atoms with Gasteiger partial charge in [-0.2, -0.15) is 0 Å². The number of hydrogen-bond donors (Lipinski definition) is 0. The monoisotopic (exact) mass is 710 g/mol. The van der Waals surface area contributed by atoms with Gasteiger partial charge in [-0.1, -0.05) is 234 Å². The van der Waals surface area contributed by atoms with Gasteiger partial charge in [0.05, 0.1) is 0 Å². The van der Waals surface area contributed by atoms with Crippen LogP contribution in [0.5, 0.6) is 0 Å². The molecular formula is C51H83N. The van der Waals surface area contributed by atoms with Crippen LogP contribution in [-0.4, -0.2) is 4.57 Å². The van der Waals surface area contributed by atoms with Crippen LogP contribution in [0, 0.1) is 21.7 Å². The Bertz CT molecular complexity index is 1240. The maximum absolute atomic E-state index is 2.20. The molecule has 2 aliphatic carbocycles. The van der Waals surface area contributed by atoms with Crippen molar-refractivity contribution in [3.05, 3.63) is 144 Å². The van der Waals surface area contributed by atoms with Crippen molar-refractivity contribution in [2.75, 3.05) is 0 Å². The predicted octanol–water partition coefficient (Wildman–Crippen LogP) is 16.5. The second kappa shape index (κ2) is 28.9. The van der Waals surface area contributed by atoms with Crippen LogP contribution in [0.15, 0.2) is 122 Å². The summed E-state index contributed by atoms with van der Waals surface area (Å²) in [5.41, 5.74) is 7.69. The van der Waals surface area contributed by atoms with E-state index < -0.39 is 0 Å². The van der Waals surface area contributed by atoms with Crippen LogP contribution in [-0.2, 0) is 19.9 Å². The topological polar surface area (TPSA) is 4.93 Å². The van der Waals surface area contributed by atoms with Crippen molar-refractivity contribution in [3.63, 3.8) is 0 Å². The molecule has 292 valence electrons. The van der Waals surface area contributed by atoms with Crippen LogP contribution in [0.1, 0.15) is 147 Å².